The van der Waals surface area contributed by atoms with Crippen LogP contribution in [0.5, 0.6) is 0 Å². The SMILES string of the molecule is Cc1nc(N2CCC3(CC2)CO[C@@H](C)[C@H]3N)c2cncn2c1-c1ccc2cn[nH]c2c1. The van der Waals surface area contributed by atoms with Gasteiger partial charge >= 0.3 is 0 Å². The average Bonchev–Trinajstić information content (AvgIpc) is 3.50. The van der Waals surface area contributed by atoms with Gasteiger partial charge in [0.05, 0.1) is 48.3 Å². The molecule has 31 heavy (non-hydrogen) atoms. The van der Waals surface area contributed by atoms with Gasteiger partial charge in [-0.15, -0.1) is 0 Å². The Kier molecular flexibility index (Phi) is 4.10. The van der Waals surface area contributed by atoms with Crippen LogP contribution in [0.2, 0.25) is 0 Å². The number of H-pyrrole nitrogens is 1. The van der Waals surface area contributed by atoms with Crippen LogP contribution >= 0.6 is 0 Å². The second-order valence-corrected chi connectivity index (χ2v) is 9.08. The van der Waals surface area contributed by atoms with Gasteiger partial charge in [-0.25, -0.2) is 9.97 Å². The van der Waals surface area contributed by atoms with Gasteiger partial charge in [0.15, 0.2) is 5.82 Å². The molecule has 3 N–H and O–H groups in total. The van der Waals surface area contributed by atoms with Crippen molar-refractivity contribution in [3.63, 3.8) is 0 Å². The van der Waals surface area contributed by atoms with Crippen LogP contribution in [0.3, 0.4) is 0 Å². The molecule has 2 fully saturated rings. The van der Waals surface area contributed by atoms with Gasteiger partial charge < -0.3 is 15.4 Å². The van der Waals surface area contributed by atoms with Crippen molar-refractivity contribution in [2.75, 3.05) is 24.6 Å². The zero-order valence-electron chi connectivity index (χ0n) is 17.9. The van der Waals surface area contributed by atoms with Crippen molar-refractivity contribution in [2.24, 2.45) is 11.1 Å². The van der Waals surface area contributed by atoms with E-state index in [0.29, 0.717) is 0 Å². The number of aromatic nitrogens is 5. The van der Waals surface area contributed by atoms with Gasteiger partial charge in [0.25, 0.3) is 0 Å². The monoisotopic (exact) mass is 417 g/mol. The van der Waals surface area contributed by atoms with E-state index in [1.54, 1.807) is 0 Å². The molecule has 8 nitrogen and oxygen atoms in total. The molecule has 0 bridgehead atoms. The van der Waals surface area contributed by atoms with Crippen molar-refractivity contribution in [2.45, 2.75) is 38.8 Å². The van der Waals surface area contributed by atoms with Crippen molar-refractivity contribution in [1.29, 1.82) is 0 Å². The van der Waals surface area contributed by atoms with E-state index in [-0.39, 0.29) is 17.6 Å². The molecular weight excluding hydrogens is 390 g/mol. The first-order valence-corrected chi connectivity index (χ1v) is 10.9. The summed E-state index contributed by atoms with van der Waals surface area (Å²) in [5.74, 6) is 0.997. The maximum absolute atomic E-state index is 6.51. The maximum atomic E-state index is 6.51. The molecule has 8 heteroatoms. The number of nitrogens with zero attached hydrogens (tertiary/aromatic N) is 5. The highest BCUT2D eigenvalue weighted by atomic mass is 16.5. The predicted molar refractivity (Wildman–Crippen MR) is 120 cm³/mol. The lowest BCUT2D eigenvalue weighted by Crippen LogP contribution is -2.50. The van der Waals surface area contributed by atoms with Crippen LogP contribution in [0.1, 0.15) is 25.5 Å². The summed E-state index contributed by atoms with van der Waals surface area (Å²) in [6.07, 6.45) is 7.82. The summed E-state index contributed by atoms with van der Waals surface area (Å²) in [5, 5.41) is 8.30. The number of anilines is 1. The summed E-state index contributed by atoms with van der Waals surface area (Å²) >= 11 is 0. The van der Waals surface area contributed by atoms with E-state index in [1.165, 1.54) is 0 Å². The Balaban J connectivity index is 1.37. The van der Waals surface area contributed by atoms with Crippen LogP contribution in [-0.4, -0.2) is 56.4 Å². The Bertz CT molecular complexity index is 1270. The number of aryl methyl sites for hydroxylation is 1. The molecule has 5 heterocycles. The van der Waals surface area contributed by atoms with Crippen LogP contribution in [0.15, 0.2) is 36.9 Å². The smallest absolute Gasteiger partial charge is 0.154 e. The Morgan fingerprint density at radius 2 is 2.06 bits per heavy atom. The van der Waals surface area contributed by atoms with Crippen LogP contribution in [-0.2, 0) is 4.74 Å². The van der Waals surface area contributed by atoms with E-state index >= 15 is 0 Å². The maximum Gasteiger partial charge on any atom is 0.154 e. The zero-order valence-corrected chi connectivity index (χ0v) is 17.9. The first kappa shape index (κ1) is 18.8. The molecule has 2 aliphatic heterocycles. The van der Waals surface area contributed by atoms with Crippen molar-refractivity contribution < 1.29 is 4.74 Å². The van der Waals surface area contributed by atoms with Crippen molar-refractivity contribution in [1.82, 2.24) is 24.6 Å². The molecule has 6 rings (SSSR count). The van der Waals surface area contributed by atoms with Crippen molar-refractivity contribution in [3.05, 3.63) is 42.6 Å². The molecule has 0 unspecified atom stereocenters. The van der Waals surface area contributed by atoms with Crippen LogP contribution in [0.4, 0.5) is 5.82 Å². The number of nitrogens with one attached hydrogen (secondary N) is 1. The van der Waals surface area contributed by atoms with Gasteiger partial charge in [-0.1, -0.05) is 12.1 Å². The van der Waals surface area contributed by atoms with E-state index in [9.17, 15) is 0 Å². The minimum atomic E-state index is 0.0981. The number of benzene rings is 1. The molecule has 4 aromatic rings. The van der Waals surface area contributed by atoms with Crippen LogP contribution in [0.25, 0.3) is 27.7 Å². The molecule has 0 aliphatic carbocycles. The zero-order chi connectivity index (χ0) is 21.2. The first-order chi connectivity index (χ1) is 15.1. The summed E-state index contributed by atoms with van der Waals surface area (Å²) in [6, 6.07) is 6.44. The molecule has 1 aromatic carbocycles. The standard InChI is InChI=1S/C23H27N7O/c1-14-20(16-3-4-17-10-26-28-18(17)9-16)30-13-25-11-19(30)22(27-14)29-7-5-23(6-8-29)12-31-15(2)21(23)24/h3-4,9-11,13,15,21H,5-8,12,24H2,1-2H3,(H,26,28)/t15-,21+/m0/s1. The number of rotatable bonds is 2. The number of piperidine rings is 1. The van der Waals surface area contributed by atoms with Crippen molar-refractivity contribution >= 4 is 22.2 Å². The first-order valence-electron chi connectivity index (χ1n) is 10.9. The molecule has 0 amide bonds. The minimum Gasteiger partial charge on any atom is -0.376 e. The fraction of sp³-hybridized carbons (Fsp3) is 0.435. The lowest BCUT2D eigenvalue weighted by atomic mass is 9.73. The topological polar surface area (TPSA) is 97.4 Å². The molecule has 2 saturated heterocycles. The number of hydrogen-bond donors (Lipinski definition) is 2. The molecule has 1 spiro atoms. The fourth-order valence-corrected chi connectivity index (χ4v) is 5.38. The second kappa shape index (κ2) is 6.77. The third-order valence-corrected chi connectivity index (χ3v) is 7.35. The average molecular weight is 418 g/mol. The lowest BCUT2D eigenvalue weighted by molar-refractivity contribution is 0.0974. The highest BCUT2D eigenvalue weighted by Crippen LogP contribution is 2.42. The summed E-state index contributed by atoms with van der Waals surface area (Å²) in [6.45, 7) is 6.79. The highest BCUT2D eigenvalue weighted by molar-refractivity contribution is 5.85. The summed E-state index contributed by atoms with van der Waals surface area (Å²) in [7, 11) is 0. The molecule has 0 radical (unpaired) electrons. The van der Waals surface area contributed by atoms with Crippen molar-refractivity contribution in [3.8, 4) is 11.3 Å². The third-order valence-electron chi connectivity index (χ3n) is 7.35. The van der Waals surface area contributed by atoms with Gasteiger partial charge in [0.1, 0.15) is 5.52 Å². The predicted octanol–water partition coefficient (Wildman–Crippen LogP) is 2.91. The normalized spacial score (nSPS) is 23.4. The van der Waals surface area contributed by atoms with E-state index in [0.717, 1.165) is 71.7 Å². The number of hydrogen-bond acceptors (Lipinski definition) is 6. The fourth-order valence-electron chi connectivity index (χ4n) is 5.38. The highest BCUT2D eigenvalue weighted by Gasteiger charge is 2.47. The van der Waals surface area contributed by atoms with Gasteiger partial charge in [-0.3, -0.25) is 9.50 Å². The van der Waals surface area contributed by atoms with E-state index < -0.39 is 0 Å². The number of fused-ring (bicyclic) bond motifs is 2. The Morgan fingerprint density at radius 1 is 1.23 bits per heavy atom. The molecule has 0 saturated carbocycles. The number of aromatic amines is 1. The number of imidazole rings is 1. The number of nitrogens with two attached hydrogens (primary N) is 1. The van der Waals surface area contributed by atoms with Crippen LogP contribution < -0.4 is 10.6 Å². The van der Waals surface area contributed by atoms with Crippen LogP contribution in [0, 0.1) is 12.3 Å². The van der Waals surface area contributed by atoms with E-state index in [1.807, 2.05) is 18.7 Å². The van der Waals surface area contributed by atoms with Gasteiger partial charge in [-0.2, -0.15) is 5.10 Å². The quantitative estimate of drug-likeness (QED) is 0.521. The number of ether oxygens (including phenoxy) is 1. The Morgan fingerprint density at radius 3 is 2.84 bits per heavy atom. The third kappa shape index (κ3) is 2.78. The summed E-state index contributed by atoms with van der Waals surface area (Å²) in [5.41, 5.74) is 11.8. The molecule has 160 valence electrons. The molecule has 3 aromatic heterocycles. The summed E-state index contributed by atoms with van der Waals surface area (Å²) < 4.78 is 8.04. The molecular formula is C23H27N7O. The Hall–Kier alpha value is -2.97. The lowest BCUT2D eigenvalue weighted by Gasteiger charge is -2.41. The van der Waals surface area contributed by atoms with E-state index in [2.05, 4.69) is 56.5 Å². The van der Waals surface area contributed by atoms with Gasteiger partial charge in [-0.05, 0) is 32.8 Å². The minimum absolute atomic E-state index is 0.0981. The van der Waals surface area contributed by atoms with Gasteiger partial charge in [0.2, 0.25) is 0 Å². The van der Waals surface area contributed by atoms with Gasteiger partial charge in [0, 0.05) is 35.5 Å². The Labute approximate surface area is 180 Å². The largest absolute Gasteiger partial charge is 0.376 e. The van der Waals surface area contributed by atoms with E-state index in [4.69, 9.17) is 15.5 Å². The second-order valence-electron chi connectivity index (χ2n) is 9.08. The molecule has 2 aliphatic rings. The molecule has 2 atom stereocenters. The summed E-state index contributed by atoms with van der Waals surface area (Å²) in [4.78, 5) is 11.9.